The van der Waals surface area contributed by atoms with Gasteiger partial charge in [0.1, 0.15) is 16.9 Å². The van der Waals surface area contributed by atoms with E-state index in [0.717, 1.165) is 25.7 Å². The number of ketones is 1. The molecule has 0 amide bonds. The van der Waals surface area contributed by atoms with Gasteiger partial charge in [0.05, 0.1) is 5.56 Å². The van der Waals surface area contributed by atoms with E-state index in [4.69, 9.17) is 4.74 Å². The summed E-state index contributed by atoms with van der Waals surface area (Å²) in [4.78, 5) is 25.4. The average molecular weight is 330 g/mol. The smallest absolute Gasteiger partial charge is 0.342 e. The van der Waals surface area contributed by atoms with Crippen molar-refractivity contribution < 1.29 is 19.4 Å². The van der Waals surface area contributed by atoms with E-state index in [1.165, 1.54) is 18.6 Å². The topological polar surface area (TPSA) is 63.6 Å². The van der Waals surface area contributed by atoms with E-state index in [9.17, 15) is 14.7 Å². The Morgan fingerprint density at radius 1 is 1.12 bits per heavy atom. The molecule has 0 aromatic heterocycles. The van der Waals surface area contributed by atoms with Gasteiger partial charge in [-0.25, -0.2) is 4.79 Å². The molecule has 4 heteroatoms. The van der Waals surface area contributed by atoms with Crippen molar-refractivity contribution in [2.45, 2.75) is 58.5 Å². The summed E-state index contributed by atoms with van der Waals surface area (Å²) in [5, 5.41) is 9.95. The molecular formula is C20H26O4. The maximum Gasteiger partial charge on any atom is 0.342 e. The lowest BCUT2D eigenvalue weighted by Crippen LogP contribution is -2.28. The Balaban J connectivity index is 2.34. The second-order valence-electron chi connectivity index (χ2n) is 7.33. The van der Waals surface area contributed by atoms with Gasteiger partial charge < -0.3 is 9.84 Å². The number of benzene rings is 1. The van der Waals surface area contributed by atoms with Crippen LogP contribution in [0, 0.1) is 5.92 Å². The van der Waals surface area contributed by atoms with Gasteiger partial charge in [-0.3, -0.25) is 4.79 Å². The van der Waals surface area contributed by atoms with Crippen LogP contribution >= 0.6 is 0 Å². The Bertz CT molecular complexity index is 631. The minimum absolute atomic E-state index is 0.0262. The van der Waals surface area contributed by atoms with Crippen molar-refractivity contribution in [1.82, 2.24) is 0 Å². The highest BCUT2D eigenvalue weighted by molar-refractivity contribution is 6.25. The summed E-state index contributed by atoms with van der Waals surface area (Å²) in [5.41, 5.74) is -0.523. The van der Waals surface area contributed by atoms with Crippen LogP contribution in [-0.4, -0.2) is 22.5 Å². The number of phenols is 1. The largest absolute Gasteiger partial charge is 0.507 e. The Morgan fingerprint density at radius 2 is 1.75 bits per heavy atom. The van der Waals surface area contributed by atoms with Gasteiger partial charge in [0, 0.05) is 0 Å². The quantitative estimate of drug-likeness (QED) is 0.292. The molecule has 1 aromatic rings. The standard InChI is InChI=1S/C20H26O4/c1-20(2,3)24-19(23)16(13-14-9-5-4-6-10-14)18(22)15-11-7-8-12-17(15)21/h7-8,11-14,21H,4-6,9-10H2,1-3H3. The molecule has 0 radical (unpaired) electrons. The number of carbonyl (C=O) groups excluding carboxylic acids is 2. The highest BCUT2D eigenvalue weighted by atomic mass is 16.6. The van der Waals surface area contributed by atoms with Crippen LogP contribution in [0.5, 0.6) is 5.75 Å². The number of ether oxygens (including phenoxy) is 1. The summed E-state index contributed by atoms with van der Waals surface area (Å²) < 4.78 is 5.41. The molecule has 1 N–H and O–H groups in total. The fraction of sp³-hybridized carbons (Fsp3) is 0.500. The zero-order valence-corrected chi connectivity index (χ0v) is 14.7. The predicted molar refractivity (Wildman–Crippen MR) is 92.9 cm³/mol. The Hall–Kier alpha value is -2.10. The molecular weight excluding hydrogens is 304 g/mol. The first-order valence-corrected chi connectivity index (χ1v) is 8.56. The average Bonchev–Trinajstić information content (AvgIpc) is 2.52. The van der Waals surface area contributed by atoms with Gasteiger partial charge in [-0.05, 0) is 51.7 Å². The van der Waals surface area contributed by atoms with Gasteiger partial charge in [-0.1, -0.05) is 37.5 Å². The number of Topliss-reactive ketones (excluding diaryl/α,β-unsaturated/α-hetero) is 1. The molecule has 1 saturated carbocycles. The molecule has 1 aliphatic carbocycles. The first-order chi connectivity index (χ1) is 11.3. The van der Waals surface area contributed by atoms with Gasteiger partial charge in [-0.15, -0.1) is 0 Å². The summed E-state index contributed by atoms with van der Waals surface area (Å²) in [5.74, 6) is -1.02. The minimum atomic E-state index is -0.679. The zero-order chi connectivity index (χ0) is 17.7. The molecule has 0 saturated heterocycles. The third-order valence-electron chi connectivity index (χ3n) is 4.06. The van der Waals surface area contributed by atoms with Crippen molar-refractivity contribution in [3.05, 3.63) is 41.5 Å². The Kier molecular flexibility index (Phi) is 5.81. The Morgan fingerprint density at radius 3 is 2.33 bits per heavy atom. The molecule has 4 nitrogen and oxygen atoms in total. The van der Waals surface area contributed by atoms with E-state index < -0.39 is 17.4 Å². The third-order valence-corrected chi connectivity index (χ3v) is 4.06. The van der Waals surface area contributed by atoms with Crippen molar-refractivity contribution in [2.24, 2.45) is 5.92 Å². The normalized spacial score (nSPS) is 16.7. The highest BCUT2D eigenvalue weighted by Gasteiger charge is 2.28. The summed E-state index contributed by atoms with van der Waals surface area (Å²) >= 11 is 0. The zero-order valence-electron chi connectivity index (χ0n) is 14.7. The summed E-state index contributed by atoms with van der Waals surface area (Å²) in [6.45, 7) is 5.31. The van der Waals surface area contributed by atoms with Crippen LogP contribution in [0.15, 0.2) is 35.9 Å². The van der Waals surface area contributed by atoms with Crippen LogP contribution in [0.2, 0.25) is 0 Å². The Labute approximate surface area is 143 Å². The third kappa shape index (κ3) is 4.95. The first-order valence-electron chi connectivity index (χ1n) is 8.56. The van der Waals surface area contributed by atoms with Crippen LogP contribution in [0.1, 0.15) is 63.2 Å². The van der Waals surface area contributed by atoms with Gasteiger partial charge in [-0.2, -0.15) is 0 Å². The van der Waals surface area contributed by atoms with E-state index in [-0.39, 0.29) is 22.8 Å². The number of phenolic OH excluding ortho intramolecular Hbond substituents is 1. The van der Waals surface area contributed by atoms with E-state index in [1.54, 1.807) is 39.0 Å². The monoisotopic (exact) mass is 330 g/mol. The molecule has 130 valence electrons. The van der Waals surface area contributed by atoms with E-state index in [1.807, 2.05) is 0 Å². The van der Waals surface area contributed by atoms with Crippen LogP contribution in [0.25, 0.3) is 0 Å². The summed E-state index contributed by atoms with van der Waals surface area (Å²) in [6, 6.07) is 6.28. The highest BCUT2D eigenvalue weighted by Crippen LogP contribution is 2.28. The fourth-order valence-electron chi connectivity index (χ4n) is 2.92. The molecule has 0 atom stereocenters. The SMILES string of the molecule is CC(C)(C)OC(=O)C(=CC1CCCCC1)C(=O)c1ccccc1O. The van der Waals surface area contributed by atoms with Crippen molar-refractivity contribution >= 4 is 11.8 Å². The number of para-hydroxylation sites is 1. The van der Waals surface area contributed by atoms with Gasteiger partial charge in [0.15, 0.2) is 0 Å². The van der Waals surface area contributed by atoms with Gasteiger partial charge in [0.2, 0.25) is 5.78 Å². The second-order valence-corrected chi connectivity index (χ2v) is 7.33. The first kappa shape index (κ1) is 18.2. The van der Waals surface area contributed by atoms with E-state index in [2.05, 4.69) is 0 Å². The second kappa shape index (κ2) is 7.65. The van der Waals surface area contributed by atoms with E-state index in [0.29, 0.717) is 0 Å². The number of allylic oxidation sites excluding steroid dienone is 1. The molecule has 0 aliphatic heterocycles. The summed E-state index contributed by atoms with van der Waals surface area (Å²) in [6.07, 6.45) is 7.10. The maximum absolute atomic E-state index is 12.8. The fourth-order valence-corrected chi connectivity index (χ4v) is 2.92. The van der Waals surface area contributed by atoms with Crippen LogP contribution in [-0.2, 0) is 9.53 Å². The van der Waals surface area contributed by atoms with Crippen molar-refractivity contribution in [3.63, 3.8) is 0 Å². The lowest BCUT2D eigenvalue weighted by Gasteiger charge is -2.22. The number of rotatable bonds is 4. The van der Waals surface area contributed by atoms with Crippen molar-refractivity contribution in [1.29, 1.82) is 0 Å². The van der Waals surface area contributed by atoms with Crippen molar-refractivity contribution in [3.8, 4) is 5.75 Å². The van der Waals surface area contributed by atoms with Gasteiger partial charge in [0.25, 0.3) is 0 Å². The minimum Gasteiger partial charge on any atom is -0.507 e. The summed E-state index contributed by atoms with van der Waals surface area (Å²) in [7, 11) is 0. The molecule has 1 aromatic carbocycles. The molecule has 0 bridgehead atoms. The number of esters is 1. The number of hydrogen-bond acceptors (Lipinski definition) is 4. The lowest BCUT2D eigenvalue weighted by molar-refractivity contribution is -0.149. The van der Waals surface area contributed by atoms with Crippen LogP contribution in [0.4, 0.5) is 0 Å². The number of carbonyl (C=O) groups is 2. The predicted octanol–water partition coefficient (Wildman–Crippen LogP) is 4.42. The van der Waals surface area contributed by atoms with Crippen LogP contribution < -0.4 is 0 Å². The molecule has 1 fully saturated rings. The van der Waals surface area contributed by atoms with Gasteiger partial charge >= 0.3 is 5.97 Å². The van der Waals surface area contributed by atoms with E-state index >= 15 is 0 Å². The molecule has 24 heavy (non-hydrogen) atoms. The molecule has 0 spiro atoms. The number of aromatic hydroxyl groups is 1. The van der Waals surface area contributed by atoms with Crippen molar-refractivity contribution in [2.75, 3.05) is 0 Å². The molecule has 0 unspecified atom stereocenters. The lowest BCUT2D eigenvalue weighted by atomic mass is 9.86. The molecule has 0 heterocycles. The number of hydrogen-bond donors (Lipinski definition) is 1. The maximum atomic E-state index is 12.8. The molecule has 1 aliphatic rings. The molecule has 2 rings (SSSR count). The van der Waals surface area contributed by atoms with Crippen LogP contribution in [0.3, 0.4) is 0 Å².